The monoisotopic (exact) mass is 311 g/mol. The highest BCUT2D eigenvalue weighted by Crippen LogP contribution is 2.39. The highest BCUT2D eigenvalue weighted by atomic mass is 32.2. The standard InChI is InChI=1S/C12H13N3O3S2/c1-20(17,18)11-5-4-9(19-11)12(16)13-10-6-8(14-15-10)7-2-3-7/h4-7H,2-3H2,1H3,(H2,13,14,15,16). The summed E-state index contributed by atoms with van der Waals surface area (Å²) in [6.07, 6.45) is 3.42. The summed E-state index contributed by atoms with van der Waals surface area (Å²) >= 11 is 0.955. The quantitative estimate of drug-likeness (QED) is 0.903. The van der Waals surface area contributed by atoms with Crippen molar-refractivity contribution in [2.45, 2.75) is 23.0 Å². The van der Waals surface area contributed by atoms with Crippen LogP contribution in [-0.4, -0.2) is 30.8 Å². The number of carbonyl (C=O) groups excluding carboxylic acids is 1. The largest absolute Gasteiger partial charge is 0.304 e. The molecule has 1 fully saturated rings. The molecular formula is C12H13N3O3S2. The maximum absolute atomic E-state index is 12.0. The van der Waals surface area contributed by atoms with Crippen molar-refractivity contribution >= 4 is 32.9 Å². The molecule has 1 saturated carbocycles. The van der Waals surface area contributed by atoms with E-state index in [0.29, 0.717) is 16.6 Å². The summed E-state index contributed by atoms with van der Waals surface area (Å²) in [7, 11) is -3.27. The lowest BCUT2D eigenvalue weighted by atomic mass is 10.3. The van der Waals surface area contributed by atoms with Crippen LogP contribution in [0, 0.1) is 0 Å². The highest BCUT2D eigenvalue weighted by molar-refractivity contribution is 7.92. The Morgan fingerprint density at radius 1 is 1.45 bits per heavy atom. The Labute approximate surface area is 120 Å². The van der Waals surface area contributed by atoms with E-state index in [-0.39, 0.29) is 10.1 Å². The van der Waals surface area contributed by atoms with Crippen molar-refractivity contribution in [3.63, 3.8) is 0 Å². The van der Waals surface area contributed by atoms with Crippen LogP contribution < -0.4 is 5.32 Å². The number of aromatic nitrogens is 2. The van der Waals surface area contributed by atoms with Gasteiger partial charge in [0, 0.05) is 23.9 Å². The van der Waals surface area contributed by atoms with E-state index >= 15 is 0 Å². The number of hydrogen-bond donors (Lipinski definition) is 2. The van der Waals surface area contributed by atoms with Gasteiger partial charge in [-0.3, -0.25) is 9.89 Å². The number of rotatable bonds is 4. The Kier molecular flexibility index (Phi) is 3.14. The second kappa shape index (κ2) is 4.71. The molecule has 106 valence electrons. The average Bonchev–Trinajstić information content (AvgIpc) is 2.91. The van der Waals surface area contributed by atoms with Crippen LogP contribution in [0.25, 0.3) is 0 Å². The van der Waals surface area contributed by atoms with Crippen LogP contribution in [0.3, 0.4) is 0 Å². The van der Waals surface area contributed by atoms with Crippen LogP contribution >= 0.6 is 11.3 Å². The molecule has 0 atom stereocenters. The second-order valence-corrected chi connectivity index (χ2v) is 8.15. The number of amides is 1. The summed E-state index contributed by atoms with van der Waals surface area (Å²) in [5.74, 6) is 0.650. The first kappa shape index (κ1) is 13.3. The van der Waals surface area contributed by atoms with Crippen molar-refractivity contribution < 1.29 is 13.2 Å². The number of thiophene rings is 1. The van der Waals surface area contributed by atoms with Crippen LogP contribution in [0.4, 0.5) is 5.82 Å². The third-order valence-corrected chi connectivity index (χ3v) is 5.93. The predicted molar refractivity (Wildman–Crippen MR) is 75.9 cm³/mol. The minimum absolute atomic E-state index is 0.184. The zero-order chi connectivity index (χ0) is 14.3. The van der Waals surface area contributed by atoms with E-state index in [1.54, 1.807) is 0 Å². The lowest BCUT2D eigenvalue weighted by Crippen LogP contribution is -2.10. The fraction of sp³-hybridized carbons (Fsp3) is 0.333. The predicted octanol–water partition coefficient (Wildman–Crippen LogP) is 2.00. The average molecular weight is 311 g/mol. The van der Waals surface area contributed by atoms with Gasteiger partial charge in [0.25, 0.3) is 5.91 Å². The highest BCUT2D eigenvalue weighted by Gasteiger charge is 2.26. The summed E-state index contributed by atoms with van der Waals surface area (Å²) in [5.41, 5.74) is 1.03. The summed E-state index contributed by atoms with van der Waals surface area (Å²) < 4.78 is 22.9. The van der Waals surface area contributed by atoms with Gasteiger partial charge in [-0.25, -0.2) is 8.42 Å². The SMILES string of the molecule is CS(=O)(=O)c1ccc(C(=O)Nc2cc(C3CC3)[nH]n2)s1. The molecule has 0 spiro atoms. The molecule has 3 rings (SSSR count). The number of nitrogens with one attached hydrogen (secondary N) is 2. The van der Waals surface area contributed by atoms with Crippen LogP contribution in [0.1, 0.15) is 34.1 Å². The number of hydrogen-bond acceptors (Lipinski definition) is 5. The van der Waals surface area contributed by atoms with E-state index in [2.05, 4.69) is 15.5 Å². The van der Waals surface area contributed by atoms with Gasteiger partial charge in [0.1, 0.15) is 4.21 Å². The molecule has 2 heterocycles. The normalized spacial score (nSPS) is 15.2. The van der Waals surface area contributed by atoms with Gasteiger partial charge in [-0.2, -0.15) is 5.10 Å². The molecule has 0 aliphatic heterocycles. The maximum atomic E-state index is 12.0. The Balaban J connectivity index is 1.73. The molecular weight excluding hydrogens is 298 g/mol. The Morgan fingerprint density at radius 3 is 2.80 bits per heavy atom. The van der Waals surface area contributed by atoms with Crippen molar-refractivity contribution in [3.05, 3.63) is 28.8 Å². The van der Waals surface area contributed by atoms with Crippen molar-refractivity contribution in [2.24, 2.45) is 0 Å². The first-order valence-electron chi connectivity index (χ1n) is 6.10. The minimum Gasteiger partial charge on any atom is -0.304 e. The fourth-order valence-corrected chi connectivity index (χ4v) is 3.65. The van der Waals surface area contributed by atoms with E-state index < -0.39 is 9.84 Å². The van der Waals surface area contributed by atoms with Crippen molar-refractivity contribution in [2.75, 3.05) is 11.6 Å². The molecule has 2 aromatic rings. The summed E-state index contributed by atoms with van der Waals surface area (Å²) in [6.45, 7) is 0. The molecule has 0 saturated heterocycles. The number of anilines is 1. The van der Waals surface area contributed by atoms with Gasteiger partial charge in [-0.1, -0.05) is 0 Å². The molecule has 8 heteroatoms. The number of nitrogens with zero attached hydrogens (tertiary/aromatic N) is 1. The van der Waals surface area contributed by atoms with E-state index in [1.165, 1.54) is 12.1 Å². The number of sulfone groups is 1. The first-order valence-corrected chi connectivity index (χ1v) is 8.81. The molecule has 2 aromatic heterocycles. The molecule has 0 radical (unpaired) electrons. The van der Waals surface area contributed by atoms with Crippen molar-refractivity contribution in [3.8, 4) is 0 Å². The molecule has 1 aliphatic carbocycles. The zero-order valence-corrected chi connectivity index (χ0v) is 12.3. The third-order valence-electron chi connectivity index (χ3n) is 3.03. The molecule has 0 unspecified atom stereocenters. The molecule has 1 aliphatic rings. The molecule has 6 nitrogen and oxygen atoms in total. The van der Waals surface area contributed by atoms with Crippen LogP contribution in [0.2, 0.25) is 0 Å². The van der Waals surface area contributed by atoms with E-state index in [1.807, 2.05) is 6.07 Å². The lowest BCUT2D eigenvalue weighted by molar-refractivity contribution is 0.103. The molecule has 20 heavy (non-hydrogen) atoms. The van der Waals surface area contributed by atoms with E-state index in [4.69, 9.17) is 0 Å². The number of aromatic amines is 1. The summed E-state index contributed by atoms with van der Waals surface area (Å²) in [5, 5.41) is 9.59. The van der Waals surface area contributed by atoms with Gasteiger partial charge < -0.3 is 5.32 Å². The zero-order valence-electron chi connectivity index (χ0n) is 10.7. The smallest absolute Gasteiger partial charge is 0.266 e. The fourth-order valence-electron chi connectivity index (χ4n) is 1.82. The molecule has 0 aromatic carbocycles. The Morgan fingerprint density at radius 2 is 2.20 bits per heavy atom. The Bertz CT molecular complexity index is 757. The van der Waals surface area contributed by atoms with Gasteiger partial charge in [0.2, 0.25) is 0 Å². The summed E-state index contributed by atoms with van der Waals surface area (Å²) in [4.78, 5) is 12.3. The second-order valence-electron chi connectivity index (χ2n) is 4.83. The van der Waals surface area contributed by atoms with Gasteiger partial charge in [-0.05, 0) is 25.0 Å². The Hall–Kier alpha value is -1.67. The first-order chi connectivity index (χ1) is 9.43. The van der Waals surface area contributed by atoms with Gasteiger partial charge in [0.05, 0.1) is 4.88 Å². The van der Waals surface area contributed by atoms with Crippen LogP contribution in [-0.2, 0) is 9.84 Å². The molecule has 2 N–H and O–H groups in total. The van der Waals surface area contributed by atoms with E-state index in [9.17, 15) is 13.2 Å². The molecule has 0 bridgehead atoms. The van der Waals surface area contributed by atoms with Crippen LogP contribution in [0.15, 0.2) is 22.4 Å². The van der Waals surface area contributed by atoms with Crippen molar-refractivity contribution in [1.29, 1.82) is 0 Å². The van der Waals surface area contributed by atoms with Crippen molar-refractivity contribution in [1.82, 2.24) is 10.2 Å². The minimum atomic E-state index is -3.27. The van der Waals surface area contributed by atoms with Gasteiger partial charge >= 0.3 is 0 Å². The number of carbonyl (C=O) groups is 1. The maximum Gasteiger partial charge on any atom is 0.266 e. The summed E-state index contributed by atoms with van der Waals surface area (Å²) in [6, 6.07) is 4.76. The van der Waals surface area contributed by atoms with Gasteiger partial charge in [0.15, 0.2) is 15.7 Å². The van der Waals surface area contributed by atoms with E-state index in [0.717, 1.165) is 36.1 Å². The third kappa shape index (κ3) is 2.75. The topological polar surface area (TPSA) is 91.9 Å². The van der Waals surface area contributed by atoms with Gasteiger partial charge in [-0.15, -0.1) is 11.3 Å². The number of H-pyrrole nitrogens is 1. The lowest BCUT2D eigenvalue weighted by Gasteiger charge is -1.97. The van der Waals surface area contributed by atoms with Crippen LogP contribution in [0.5, 0.6) is 0 Å². The molecule has 1 amide bonds.